The summed E-state index contributed by atoms with van der Waals surface area (Å²) >= 11 is 0. The summed E-state index contributed by atoms with van der Waals surface area (Å²) in [5, 5.41) is 0. The number of rotatable bonds is 4. The topological polar surface area (TPSA) is 16.1 Å². The largest absolute Gasteiger partial charge is 0.416 e. The fraction of sp³-hybridized carbons (Fsp3) is 0.353. The summed E-state index contributed by atoms with van der Waals surface area (Å²) in [6.45, 7) is 4.88. The smallest absolute Gasteiger partial charge is 0.300 e. The van der Waals surface area contributed by atoms with Crippen LogP contribution in [0.1, 0.15) is 25.0 Å². The molecule has 1 aromatic carbocycles. The maximum absolute atomic E-state index is 12.8. The normalized spacial score (nSPS) is 12.2. The van der Waals surface area contributed by atoms with Crippen molar-refractivity contribution in [2.45, 2.75) is 32.6 Å². The molecule has 1 heterocycles. The molecule has 0 fully saturated rings. The summed E-state index contributed by atoms with van der Waals surface area (Å²) in [7, 11) is 2.00. The SMILES string of the molecule is CC(C)N(C)Cc1cncc(-c2cccc(C(F)(F)F)c2)c1. The zero-order chi connectivity index (χ0) is 16.3. The van der Waals surface area contributed by atoms with Crippen molar-refractivity contribution in [2.75, 3.05) is 7.05 Å². The predicted molar refractivity (Wildman–Crippen MR) is 81.3 cm³/mol. The molecule has 0 spiro atoms. The van der Waals surface area contributed by atoms with Crippen molar-refractivity contribution in [3.05, 3.63) is 53.9 Å². The molecule has 1 aromatic heterocycles. The summed E-state index contributed by atoms with van der Waals surface area (Å²) in [5.41, 5.74) is 1.55. The Balaban J connectivity index is 2.30. The van der Waals surface area contributed by atoms with E-state index in [9.17, 15) is 13.2 Å². The highest BCUT2D eigenvalue weighted by atomic mass is 19.4. The molecule has 2 rings (SSSR count). The first kappa shape index (κ1) is 16.5. The van der Waals surface area contributed by atoms with E-state index in [1.807, 2.05) is 13.1 Å². The molecule has 2 nitrogen and oxygen atoms in total. The van der Waals surface area contributed by atoms with E-state index in [2.05, 4.69) is 23.7 Å². The molecular formula is C17H19F3N2. The lowest BCUT2D eigenvalue weighted by molar-refractivity contribution is -0.137. The lowest BCUT2D eigenvalue weighted by atomic mass is 10.0. The summed E-state index contributed by atoms with van der Waals surface area (Å²) in [6.07, 6.45) is -0.997. The standard InChI is InChI=1S/C17H19F3N2/c1-12(2)22(3)11-13-7-15(10-21-9-13)14-5-4-6-16(8-14)17(18,19)20/h4-10,12H,11H2,1-3H3. The van der Waals surface area contributed by atoms with Gasteiger partial charge in [0, 0.05) is 30.5 Å². The number of aromatic nitrogens is 1. The van der Waals surface area contributed by atoms with Crippen molar-refractivity contribution < 1.29 is 13.2 Å². The van der Waals surface area contributed by atoms with Gasteiger partial charge in [0.25, 0.3) is 0 Å². The maximum atomic E-state index is 12.8. The molecule has 0 saturated carbocycles. The molecule has 5 heteroatoms. The van der Waals surface area contributed by atoms with E-state index < -0.39 is 11.7 Å². The van der Waals surface area contributed by atoms with Gasteiger partial charge < -0.3 is 0 Å². The molecular weight excluding hydrogens is 289 g/mol. The van der Waals surface area contributed by atoms with Crippen molar-refractivity contribution in [1.82, 2.24) is 9.88 Å². The van der Waals surface area contributed by atoms with Gasteiger partial charge in [-0.25, -0.2) is 0 Å². The number of pyridine rings is 1. The fourth-order valence-electron chi connectivity index (χ4n) is 2.08. The highest BCUT2D eigenvalue weighted by Gasteiger charge is 2.30. The van der Waals surface area contributed by atoms with E-state index in [0.717, 1.165) is 17.7 Å². The van der Waals surface area contributed by atoms with Crippen LogP contribution >= 0.6 is 0 Å². The van der Waals surface area contributed by atoms with Gasteiger partial charge in [-0.1, -0.05) is 12.1 Å². The van der Waals surface area contributed by atoms with E-state index in [1.165, 1.54) is 6.07 Å². The summed E-state index contributed by atoms with van der Waals surface area (Å²) < 4.78 is 38.4. The van der Waals surface area contributed by atoms with Crippen LogP contribution in [-0.2, 0) is 12.7 Å². The second-order valence-corrected chi connectivity index (χ2v) is 5.67. The minimum Gasteiger partial charge on any atom is -0.300 e. The van der Waals surface area contributed by atoms with Crippen LogP contribution in [-0.4, -0.2) is 23.0 Å². The van der Waals surface area contributed by atoms with Crippen molar-refractivity contribution in [2.24, 2.45) is 0 Å². The number of hydrogen-bond acceptors (Lipinski definition) is 2. The second-order valence-electron chi connectivity index (χ2n) is 5.67. The monoisotopic (exact) mass is 308 g/mol. The number of nitrogens with zero attached hydrogens (tertiary/aromatic N) is 2. The highest BCUT2D eigenvalue weighted by molar-refractivity contribution is 5.64. The average Bonchev–Trinajstić information content (AvgIpc) is 2.46. The van der Waals surface area contributed by atoms with Crippen LogP contribution in [0, 0.1) is 0 Å². The van der Waals surface area contributed by atoms with Gasteiger partial charge in [0.1, 0.15) is 0 Å². The first-order valence-electron chi connectivity index (χ1n) is 7.09. The Morgan fingerprint density at radius 3 is 2.45 bits per heavy atom. The van der Waals surface area contributed by atoms with Gasteiger partial charge >= 0.3 is 6.18 Å². The third-order valence-electron chi connectivity index (χ3n) is 3.63. The Kier molecular flexibility index (Phi) is 4.86. The predicted octanol–water partition coefficient (Wildman–Crippen LogP) is 4.61. The zero-order valence-corrected chi connectivity index (χ0v) is 12.9. The Morgan fingerprint density at radius 1 is 1.09 bits per heavy atom. The first-order valence-corrected chi connectivity index (χ1v) is 7.09. The first-order chi connectivity index (χ1) is 10.3. The number of benzene rings is 1. The van der Waals surface area contributed by atoms with Crippen LogP contribution in [0.2, 0.25) is 0 Å². The summed E-state index contributed by atoms with van der Waals surface area (Å²) in [4.78, 5) is 6.30. The minimum atomic E-state index is -4.33. The van der Waals surface area contributed by atoms with Crippen LogP contribution in [0.15, 0.2) is 42.7 Å². The van der Waals surface area contributed by atoms with Gasteiger partial charge in [-0.3, -0.25) is 9.88 Å². The number of hydrogen-bond donors (Lipinski definition) is 0. The Labute approximate surface area is 128 Å². The van der Waals surface area contributed by atoms with Gasteiger partial charge in [0.2, 0.25) is 0 Å². The Morgan fingerprint density at radius 2 is 1.82 bits per heavy atom. The third kappa shape index (κ3) is 4.07. The molecule has 0 aliphatic carbocycles. The molecule has 118 valence electrons. The molecule has 0 aliphatic rings. The van der Waals surface area contributed by atoms with Crippen LogP contribution < -0.4 is 0 Å². The molecule has 0 radical (unpaired) electrons. The lowest BCUT2D eigenvalue weighted by Gasteiger charge is -2.21. The van der Waals surface area contributed by atoms with E-state index >= 15 is 0 Å². The molecule has 2 aromatic rings. The summed E-state index contributed by atoms with van der Waals surface area (Å²) in [5.74, 6) is 0. The van der Waals surface area contributed by atoms with Crippen molar-refractivity contribution in [1.29, 1.82) is 0 Å². The maximum Gasteiger partial charge on any atom is 0.416 e. The molecule has 22 heavy (non-hydrogen) atoms. The average molecular weight is 308 g/mol. The highest BCUT2D eigenvalue weighted by Crippen LogP contribution is 2.32. The number of alkyl halides is 3. The second kappa shape index (κ2) is 6.48. The van der Waals surface area contributed by atoms with Crippen molar-refractivity contribution in [3.63, 3.8) is 0 Å². The van der Waals surface area contributed by atoms with Crippen LogP contribution in [0.25, 0.3) is 11.1 Å². The van der Waals surface area contributed by atoms with Gasteiger partial charge in [-0.05, 0) is 50.2 Å². The molecule has 0 aliphatic heterocycles. The van der Waals surface area contributed by atoms with Crippen LogP contribution in [0.4, 0.5) is 13.2 Å². The van der Waals surface area contributed by atoms with Gasteiger partial charge in [0.05, 0.1) is 5.56 Å². The molecule has 0 amide bonds. The molecule has 0 unspecified atom stereocenters. The fourth-order valence-corrected chi connectivity index (χ4v) is 2.08. The molecule has 0 atom stereocenters. The van der Waals surface area contributed by atoms with Gasteiger partial charge in [-0.15, -0.1) is 0 Å². The zero-order valence-electron chi connectivity index (χ0n) is 12.9. The van der Waals surface area contributed by atoms with Gasteiger partial charge in [0.15, 0.2) is 0 Å². The summed E-state index contributed by atoms with van der Waals surface area (Å²) in [6, 6.07) is 7.60. The van der Waals surface area contributed by atoms with Crippen molar-refractivity contribution in [3.8, 4) is 11.1 Å². The van der Waals surface area contributed by atoms with E-state index in [-0.39, 0.29) is 0 Å². The quantitative estimate of drug-likeness (QED) is 0.820. The van der Waals surface area contributed by atoms with Gasteiger partial charge in [-0.2, -0.15) is 13.2 Å². The van der Waals surface area contributed by atoms with E-state index in [4.69, 9.17) is 0 Å². The van der Waals surface area contributed by atoms with Crippen molar-refractivity contribution >= 4 is 0 Å². The van der Waals surface area contributed by atoms with Crippen LogP contribution in [0.5, 0.6) is 0 Å². The Hall–Kier alpha value is -1.88. The minimum absolute atomic E-state index is 0.386. The third-order valence-corrected chi connectivity index (χ3v) is 3.63. The number of halogens is 3. The molecule has 0 N–H and O–H groups in total. The molecule has 0 bridgehead atoms. The lowest BCUT2D eigenvalue weighted by Crippen LogP contribution is -2.25. The van der Waals surface area contributed by atoms with E-state index in [1.54, 1.807) is 18.5 Å². The molecule has 0 saturated heterocycles. The van der Waals surface area contributed by atoms with Crippen LogP contribution in [0.3, 0.4) is 0 Å². The Bertz CT molecular complexity index is 636. The van der Waals surface area contributed by atoms with E-state index in [0.29, 0.717) is 23.7 Å².